The van der Waals surface area contributed by atoms with E-state index in [4.69, 9.17) is 11.6 Å². The number of aryl methyl sites for hydroxylation is 1. The first-order valence-electron chi connectivity index (χ1n) is 5.28. The molecule has 1 aromatic carbocycles. The van der Waals surface area contributed by atoms with Gasteiger partial charge in [-0.1, -0.05) is 23.7 Å². The first kappa shape index (κ1) is 13.3. The molecular formula is C13H10BrClFNO. The van der Waals surface area contributed by atoms with Crippen molar-refractivity contribution in [1.82, 2.24) is 4.57 Å². The zero-order valence-corrected chi connectivity index (χ0v) is 11.9. The summed E-state index contributed by atoms with van der Waals surface area (Å²) in [5, 5.41) is 0.0623. The molecule has 0 saturated carbocycles. The maximum atomic E-state index is 13.8. The predicted octanol–water partition coefficient (Wildman–Crippen LogP) is 3.76. The lowest BCUT2D eigenvalue weighted by Crippen LogP contribution is -2.22. The SMILES string of the molecule is Cc1cc(Br)cn(Cc2cccc(Cl)c2F)c1=O. The van der Waals surface area contributed by atoms with Gasteiger partial charge in [0.25, 0.3) is 5.56 Å². The van der Waals surface area contributed by atoms with Gasteiger partial charge in [-0.3, -0.25) is 4.79 Å². The van der Waals surface area contributed by atoms with Gasteiger partial charge in [0, 0.05) is 21.8 Å². The highest BCUT2D eigenvalue weighted by molar-refractivity contribution is 9.10. The second kappa shape index (κ2) is 5.24. The number of pyridine rings is 1. The quantitative estimate of drug-likeness (QED) is 0.822. The lowest BCUT2D eigenvalue weighted by atomic mass is 10.2. The zero-order valence-electron chi connectivity index (χ0n) is 9.58. The molecule has 94 valence electrons. The lowest BCUT2D eigenvalue weighted by Gasteiger charge is -2.09. The number of nitrogens with zero attached hydrogens (tertiary/aromatic N) is 1. The van der Waals surface area contributed by atoms with Crippen LogP contribution in [0.5, 0.6) is 0 Å². The molecule has 0 aliphatic heterocycles. The van der Waals surface area contributed by atoms with Crippen molar-refractivity contribution in [3.05, 3.63) is 67.3 Å². The molecule has 0 radical (unpaired) electrons. The summed E-state index contributed by atoms with van der Waals surface area (Å²) in [5.41, 5.74) is 0.853. The van der Waals surface area contributed by atoms with Crippen LogP contribution in [0.25, 0.3) is 0 Å². The van der Waals surface area contributed by atoms with E-state index in [-0.39, 0.29) is 17.1 Å². The highest BCUT2D eigenvalue weighted by atomic mass is 79.9. The average Bonchev–Trinajstić information content (AvgIpc) is 2.31. The van der Waals surface area contributed by atoms with Gasteiger partial charge in [0.2, 0.25) is 0 Å². The van der Waals surface area contributed by atoms with E-state index in [1.165, 1.54) is 10.6 Å². The minimum Gasteiger partial charge on any atom is -0.310 e. The summed E-state index contributed by atoms with van der Waals surface area (Å²) in [7, 11) is 0. The summed E-state index contributed by atoms with van der Waals surface area (Å²) in [5.74, 6) is -0.483. The predicted molar refractivity (Wildman–Crippen MR) is 73.7 cm³/mol. The van der Waals surface area contributed by atoms with Crippen molar-refractivity contribution < 1.29 is 4.39 Å². The van der Waals surface area contributed by atoms with Crippen LogP contribution in [0.1, 0.15) is 11.1 Å². The van der Waals surface area contributed by atoms with Gasteiger partial charge in [0.05, 0.1) is 11.6 Å². The van der Waals surface area contributed by atoms with Gasteiger partial charge in [-0.05, 0) is 35.0 Å². The van der Waals surface area contributed by atoms with E-state index in [9.17, 15) is 9.18 Å². The molecule has 0 spiro atoms. The van der Waals surface area contributed by atoms with Crippen LogP contribution in [0.15, 0.2) is 39.7 Å². The van der Waals surface area contributed by atoms with Gasteiger partial charge in [0.1, 0.15) is 5.82 Å². The number of rotatable bonds is 2. The van der Waals surface area contributed by atoms with E-state index in [0.717, 1.165) is 4.47 Å². The van der Waals surface area contributed by atoms with Crippen LogP contribution in [-0.2, 0) is 6.54 Å². The van der Waals surface area contributed by atoms with Crippen molar-refractivity contribution in [3.63, 3.8) is 0 Å². The van der Waals surface area contributed by atoms with Crippen molar-refractivity contribution in [2.45, 2.75) is 13.5 Å². The van der Waals surface area contributed by atoms with Gasteiger partial charge in [-0.2, -0.15) is 0 Å². The van der Waals surface area contributed by atoms with Crippen LogP contribution in [0.2, 0.25) is 5.02 Å². The van der Waals surface area contributed by atoms with Gasteiger partial charge in [-0.15, -0.1) is 0 Å². The molecule has 0 aliphatic carbocycles. The Labute approximate surface area is 117 Å². The zero-order chi connectivity index (χ0) is 13.3. The van der Waals surface area contributed by atoms with Crippen LogP contribution < -0.4 is 5.56 Å². The van der Waals surface area contributed by atoms with E-state index < -0.39 is 5.82 Å². The molecule has 5 heteroatoms. The molecule has 0 aliphatic rings. The Hall–Kier alpha value is -1.13. The molecule has 0 bridgehead atoms. The van der Waals surface area contributed by atoms with Crippen molar-refractivity contribution >= 4 is 27.5 Å². The van der Waals surface area contributed by atoms with E-state index in [1.54, 1.807) is 31.3 Å². The third-order valence-electron chi connectivity index (χ3n) is 2.60. The third-order valence-corrected chi connectivity index (χ3v) is 3.33. The molecule has 0 N–H and O–H groups in total. The number of halogens is 3. The average molecular weight is 331 g/mol. The summed E-state index contributed by atoms with van der Waals surface area (Å²) >= 11 is 9.02. The Kier molecular flexibility index (Phi) is 3.88. The molecule has 2 aromatic rings. The Bertz CT molecular complexity index is 654. The Morgan fingerprint density at radius 2 is 2.17 bits per heavy atom. The lowest BCUT2D eigenvalue weighted by molar-refractivity contribution is 0.596. The largest absolute Gasteiger partial charge is 0.310 e. The van der Waals surface area contributed by atoms with Crippen LogP contribution in [0.3, 0.4) is 0 Å². The Morgan fingerprint density at radius 1 is 1.44 bits per heavy atom. The van der Waals surface area contributed by atoms with Crippen molar-refractivity contribution in [1.29, 1.82) is 0 Å². The first-order valence-corrected chi connectivity index (χ1v) is 6.45. The molecule has 0 amide bonds. The van der Waals surface area contributed by atoms with E-state index in [0.29, 0.717) is 11.1 Å². The molecular weight excluding hydrogens is 321 g/mol. The summed E-state index contributed by atoms with van der Waals surface area (Å²) in [6, 6.07) is 6.49. The van der Waals surface area contributed by atoms with Crippen molar-refractivity contribution in [3.8, 4) is 0 Å². The fourth-order valence-electron chi connectivity index (χ4n) is 1.71. The Balaban J connectivity index is 2.46. The van der Waals surface area contributed by atoms with Gasteiger partial charge in [-0.25, -0.2) is 4.39 Å². The second-order valence-corrected chi connectivity index (χ2v) is 5.31. The van der Waals surface area contributed by atoms with Gasteiger partial charge < -0.3 is 4.57 Å². The fourth-order valence-corrected chi connectivity index (χ4v) is 2.50. The van der Waals surface area contributed by atoms with Crippen LogP contribution in [0.4, 0.5) is 4.39 Å². The highest BCUT2D eigenvalue weighted by Crippen LogP contribution is 2.19. The maximum Gasteiger partial charge on any atom is 0.253 e. The summed E-state index contributed by atoms with van der Waals surface area (Å²) < 4.78 is 16.0. The molecule has 2 nitrogen and oxygen atoms in total. The summed E-state index contributed by atoms with van der Waals surface area (Å²) in [4.78, 5) is 11.9. The smallest absolute Gasteiger partial charge is 0.253 e. The van der Waals surface area contributed by atoms with E-state index >= 15 is 0 Å². The van der Waals surface area contributed by atoms with E-state index in [1.807, 2.05) is 0 Å². The summed E-state index contributed by atoms with van der Waals surface area (Å²) in [6.07, 6.45) is 1.63. The number of benzene rings is 1. The van der Waals surface area contributed by atoms with Crippen molar-refractivity contribution in [2.75, 3.05) is 0 Å². The molecule has 0 saturated heterocycles. The first-order chi connectivity index (χ1) is 8.49. The van der Waals surface area contributed by atoms with Crippen LogP contribution in [0, 0.1) is 12.7 Å². The van der Waals surface area contributed by atoms with Crippen LogP contribution in [-0.4, -0.2) is 4.57 Å². The van der Waals surface area contributed by atoms with E-state index in [2.05, 4.69) is 15.9 Å². The topological polar surface area (TPSA) is 22.0 Å². The maximum absolute atomic E-state index is 13.8. The Morgan fingerprint density at radius 3 is 2.89 bits per heavy atom. The molecule has 1 heterocycles. The molecule has 0 atom stereocenters. The normalized spacial score (nSPS) is 10.7. The summed E-state index contributed by atoms with van der Waals surface area (Å²) in [6.45, 7) is 1.88. The van der Waals surface area contributed by atoms with Gasteiger partial charge in [0.15, 0.2) is 0 Å². The van der Waals surface area contributed by atoms with Gasteiger partial charge >= 0.3 is 0 Å². The molecule has 1 aromatic heterocycles. The fraction of sp³-hybridized carbons (Fsp3) is 0.154. The highest BCUT2D eigenvalue weighted by Gasteiger charge is 2.09. The number of hydrogen-bond donors (Lipinski definition) is 0. The third kappa shape index (κ3) is 2.65. The number of hydrogen-bond acceptors (Lipinski definition) is 1. The minimum absolute atomic E-state index is 0.0623. The molecule has 2 rings (SSSR count). The molecule has 0 fully saturated rings. The monoisotopic (exact) mass is 329 g/mol. The standard InChI is InChI=1S/C13H10BrClFNO/c1-8-5-10(14)7-17(13(8)18)6-9-3-2-4-11(15)12(9)16/h2-5,7H,6H2,1H3. The second-order valence-electron chi connectivity index (χ2n) is 3.99. The van der Waals surface area contributed by atoms with Crippen LogP contribution >= 0.6 is 27.5 Å². The van der Waals surface area contributed by atoms with Crippen molar-refractivity contribution in [2.24, 2.45) is 0 Å². The molecule has 0 unspecified atom stereocenters. The number of aromatic nitrogens is 1. The minimum atomic E-state index is -0.483. The molecule has 18 heavy (non-hydrogen) atoms.